The Labute approximate surface area is 82.7 Å². The van der Waals surface area contributed by atoms with Crippen molar-refractivity contribution in [2.75, 3.05) is 0 Å². The maximum atomic E-state index is 11.2. The highest BCUT2D eigenvalue weighted by Gasteiger charge is 2.26. The number of carbonyl (C=O) groups excluding carboxylic acids is 2. The summed E-state index contributed by atoms with van der Waals surface area (Å²) in [5, 5.41) is 0. The molecule has 14 heavy (non-hydrogen) atoms. The number of aromatic nitrogens is 1. The molecule has 1 aliphatic rings. The van der Waals surface area contributed by atoms with Crippen molar-refractivity contribution in [1.82, 2.24) is 4.57 Å². The number of hydrogen-bond donors (Lipinski definition) is 0. The van der Waals surface area contributed by atoms with E-state index in [0.29, 0.717) is 12.8 Å². The van der Waals surface area contributed by atoms with Crippen LogP contribution in [0.25, 0.3) is 0 Å². The number of Topliss-reactive ketones (excluding diaryl/α,β-unsaturated/α-hetero) is 2. The van der Waals surface area contributed by atoms with Gasteiger partial charge in [-0.1, -0.05) is 0 Å². The number of aryl methyl sites for hydroxylation is 1. The summed E-state index contributed by atoms with van der Waals surface area (Å²) in [6.07, 6.45) is 5.12. The highest BCUT2D eigenvalue weighted by molar-refractivity contribution is 6.02. The zero-order chi connectivity index (χ0) is 10.1. The second kappa shape index (κ2) is 3.40. The molecule has 0 unspecified atom stereocenters. The molecule has 1 heterocycles. The van der Waals surface area contributed by atoms with Gasteiger partial charge in [-0.3, -0.25) is 9.59 Å². The Morgan fingerprint density at radius 2 is 1.93 bits per heavy atom. The summed E-state index contributed by atoms with van der Waals surface area (Å²) < 4.78 is 1.94. The van der Waals surface area contributed by atoms with Crippen molar-refractivity contribution in [2.24, 2.45) is 7.05 Å². The van der Waals surface area contributed by atoms with Crippen LogP contribution >= 0.6 is 0 Å². The molecule has 74 valence electrons. The van der Waals surface area contributed by atoms with Gasteiger partial charge in [0.2, 0.25) is 0 Å². The van der Waals surface area contributed by atoms with Crippen LogP contribution in [0.4, 0.5) is 0 Å². The number of ketones is 2. The van der Waals surface area contributed by atoms with Crippen LogP contribution in [-0.2, 0) is 16.6 Å². The zero-order valence-corrected chi connectivity index (χ0v) is 8.19. The second-order valence-corrected chi connectivity index (χ2v) is 3.97. The first kappa shape index (κ1) is 9.19. The third-order valence-electron chi connectivity index (χ3n) is 2.67. The summed E-state index contributed by atoms with van der Waals surface area (Å²) in [7, 11) is 1.94. The summed E-state index contributed by atoms with van der Waals surface area (Å²) in [6.45, 7) is 0. The molecule has 0 amide bonds. The van der Waals surface area contributed by atoms with Gasteiger partial charge in [0.05, 0.1) is 6.42 Å². The van der Waals surface area contributed by atoms with E-state index in [1.165, 1.54) is 0 Å². The molecule has 1 saturated carbocycles. The van der Waals surface area contributed by atoms with E-state index in [2.05, 4.69) is 0 Å². The first-order chi connectivity index (χ1) is 6.65. The van der Waals surface area contributed by atoms with Crippen molar-refractivity contribution in [2.45, 2.75) is 25.2 Å². The fourth-order valence-electron chi connectivity index (χ4n) is 1.99. The van der Waals surface area contributed by atoms with Crippen molar-refractivity contribution in [1.29, 1.82) is 0 Å². The van der Waals surface area contributed by atoms with Crippen LogP contribution in [0, 0.1) is 0 Å². The molecule has 0 radical (unpaired) electrons. The van der Waals surface area contributed by atoms with E-state index < -0.39 is 0 Å². The van der Waals surface area contributed by atoms with Crippen molar-refractivity contribution < 1.29 is 9.59 Å². The molecule has 0 spiro atoms. The minimum absolute atomic E-state index is 0.0788. The van der Waals surface area contributed by atoms with Gasteiger partial charge in [0.15, 0.2) is 0 Å². The third-order valence-corrected chi connectivity index (χ3v) is 2.67. The topological polar surface area (TPSA) is 39.1 Å². The maximum absolute atomic E-state index is 11.2. The van der Waals surface area contributed by atoms with E-state index in [-0.39, 0.29) is 23.9 Å². The fraction of sp³-hybridized carbons (Fsp3) is 0.455. The first-order valence-electron chi connectivity index (χ1n) is 4.80. The summed E-state index contributed by atoms with van der Waals surface area (Å²) in [5.41, 5.74) is 1.11. The van der Waals surface area contributed by atoms with Gasteiger partial charge in [0, 0.05) is 32.3 Å². The monoisotopic (exact) mass is 191 g/mol. The van der Waals surface area contributed by atoms with Gasteiger partial charge in [-0.15, -0.1) is 0 Å². The minimum Gasteiger partial charge on any atom is -0.357 e. The Kier molecular flexibility index (Phi) is 2.23. The molecule has 0 N–H and O–H groups in total. The molecular weight excluding hydrogens is 178 g/mol. The van der Waals surface area contributed by atoms with Gasteiger partial charge >= 0.3 is 0 Å². The van der Waals surface area contributed by atoms with Gasteiger partial charge in [-0.05, 0) is 17.5 Å². The SMILES string of the molecule is Cn1ccc(C2CC(=O)CC(=O)C2)c1. The van der Waals surface area contributed by atoms with Gasteiger partial charge in [0.1, 0.15) is 11.6 Å². The average molecular weight is 191 g/mol. The third kappa shape index (κ3) is 1.76. The fourth-order valence-corrected chi connectivity index (χ4v) is 1.99. The molecule has 0 saturated heterocycles. The normalized spacial score (nSPS) is 18.9. The lowest BCUT2D eigenvalue weighted by molar-refractivity contribution is -0.130. The van der Waals surface area contributed by atoms with Crippen LogP contribution in [0.5, 0.6) is 0 Å². The van der Waals surface area contributed by atoms with E-state index in [1.807, 2.05) is 30.1 Å². The van der Waals surface area contributed by atoms with Crippen LogP contribution < -0.4 is 0 Å². The van der Waals surface area contributed by atoms with Crippen LogP contribution in [-0.4, -0.2) is 16.1 Å². The van der Waals surface area contributed by atoms with E-state index >= 15 is 0 Å². The number of rotatable bonds is 1. The van der Waals surface area contributed by atoms with Crippen molar-refractivity contribution in [3.05, 3.63) is 24.0 Å². The van der Waals surface area contributed by atoms with Crippen molar-refractivity contribution in [3.8, 4) is 0 Å². The van der Waals surface area contributed by atoms with Gasteiger partial charge in [-0.25, -0.2) is 0 Å². The lowest BCUT2D eigenvalue weighted by Crippen LogP contribution is -2.20. The summed E-state index contributed by atoms with van der Waals surface area (Å²) in [5.74, 6) is 0.273. The van der Waals surface area contributed by atoms with E-state index in [9.17, 15) is 9.59 Å². The number of carbonyl (C=O) groups is 2. The Morgan fingerprint density at radius 3 is 2.43 bits per heavy atom. The molecule has 0 aliphatic heterocycles. The second-order valence-electron chi connectivity index (χ2n) is 3.97. The average Bonchev–Trinajstić information content (AvgIpc) is 2.50. The Hall–Kier alpha value is -1.38. The van der Waals surface area contributed by atoms with E-state index in [0.717, 1.165) is 5.56 Å². The standard InChI is InChI=1S/C11H13NO2/c1-12-3-2-8(7-12)9-4-10(13)6-11(14)5-9/h2-3,7,9H,4-6H2,1H3. The minimum atomic E-state index is 0.0788. The lowest BCUT2D eigenvalue weighted by atomic mass is 9.84. The molecular formula is C11H13NO2. The predicted molar refractivity (Wildman–Crippen MR) is 52.0 cm³/mol. The zero-order valence-electron chi connectivity index (χ0n) is 8.19. The molecule has 0 bridgehead atoms. The largest absolute Gasteiger partial charge is 0.357 e. The van der Waals surface area contributed by atoms with Gasteiger partial charge in [-0.2, -0.15) is 0 Å². The molecule has 2 rings (SSSR count). The lowest BCUT2D eigenvalue weighted by Gasteiger charge is -2.18. The molecule has 0 atom stereocenters. The van der Waals surface area contributed by atoms with Crippen molar-refractivity contribution in [3.63, 3.8) is 0 Å². The molecule has 1 aromatic rings. The van der Waals surface area contributed by atoms with Gasteiger partial charge < -0.3 is 4.57 Å². The Balaban J connectivity index is 2.18. The van der Waals surface area contributed by atoms with Crippen molar-refractivity contribution >= 4 is 11.6 Å². The molecule has 3 heteroatoms. The smallest absolute Gasteiger partial charge is 0.140 e. The highest BCUT2D eigenvalue weighted by atomic mass is 16.1. The Morgan fingerprint density at radius 1 is 1.29 bits per heavy atom. The number of nitrogens with zero attached hydrogens (tertiary/aromatic N) is 1. The van der Waals surface area contributed by atoms with Crippen LogP contribution in [0.2, 0.25) is 0 Å². The maximum Gasteiger partial charge on any atom is 0.140 e. The van der Waals surface area contributed by atoms with Crippen LogP contribution in [0.1, 0.15) is 30.7 Å². The molecule has 1 fully saturated rings. The predicted octanol–water partition coefficient (Wildman–Crippen LogP) is 1.43. The number of hydrogen-bond acceptors (Lipinski definition) is 2. The Bertz CT molecular complexity index is 362. The molecule has 1 aliphatic carbocycles. The summed E-state index contributed by atoms with van der Waals surface area (Å²) in [4.78, 5) is 22.5. The molecule has 3 nitrogen and oxygen atoms in total. The van der Waals surface area contributed by atoms with E-state index in [4.69, 9.17) is 0 Å². The summed E-state index contributed by atoms with van der Waals surface area (Å²) in [6, 6.07) is 1.98. The molecule has 1 aromatic heterocycles. The quantitative estimate of drug-likeness (QED) is 0.630. The highest BCUT2D eigenvalue weighted by Crippen LogP contribution is 2.29. The van der Waals surface area contributed by atoms with Gasteiger partial charge in [0.25, 0.3) is 0 Å². The molecule has 0 aromatic carbocycles. The van der Waals surface area contributed by atoms with E-state index in [1.54, 1.807) is 0 Å². The van der Waals surface area contributed by atoms with Crippen LogP contribution in [0.15, 0.2) is 18.5 Å². The summed E-state index contributed by atoms with van der Waals surface area (Å²) >= 11 is 0. The first-order valence-corrected chi connectivity index (χ1v) is 4.80. The van der Waals surface area contributed by atoms with Crippen LogP contribution in [0.3, 0.4) is 0 Å².